The topological polar surface area (TPSA) is 52.6 Å². The van der Waals surface area contributed by atoms with Crippen LogP contribution in [0.1, 0.15) is 6.92 Å². The van der Waals surface area contributed by atoms with E-state index in [4.69, 9.17) is 0 Å². The van der Waals surface area contributed by atoms with E-state index in [9.17, 15) is 9.90 Å². The molecule has 0 aromatic rings. The molecule has 1 amide bonds. The average Bonchev–Trinajstić information content (AvgIpc) is 2.50. The Hall–Kier alpha value is -0.870. The van der Waals surface area contributed by atoms with Crippen molar-refractivity contribution in [2.24, 2.45) is 0 Å². The maximum atomic E-state index is 11.4. The first-order valence-electron chi connectivity index (χ1n) is 4.45. The fourth-order valence-electron chi connectivity index (χ4n) is 1.47. The van der Waals surface area contributed by atoms with Crippen LogP contribution in [-0.2, 0) is 4.79 Å². The molecule has 2 N–H and O–H groups in total. The number of rotatable bonds is 2. The highest BCUT2D eigenvalue weighted by Gasteiger charge is 2.29. The van der Waals surface area contributed by atoms with Crippen LogP contribution in [0.4, 0.5) is 0 Å². The molecule has 2 atom stereocenters. The van der Waals surface area contributed by atoms with Gasteiger partial charge in [0.2, 0.25) is 5.91 Å². The van der Waals surface area contributed by atoms with Crippen molar-refractivity contribution in [1.29, 1.82) is 0 Å². The van der Waals surface area contributed by atoms with Crippen LogP contribution in [0.3, 0.4) is 0 Å². The van der Waals surface area contributed by atoms with Gasteiger partial charge in [0.1, 0.15) is 0 Å². The molecular weight excluding hydrogens is 168 g/mol. The number of carbonyl (C=O) groups excluding carboxylic acids is 1. The minimum Gasteiger partial charge on any atom is -0.390 e. The SMILES string of the molecule is C/C=C/C(=O)N(C)[C@@H]1CNC[C@H]1O. The Bertz CT molecular complexity index is 216. The van der Waals surface area contributed by atoms with Crippen LogP contribution in [0.25, 0.3) is 0 Å². The number of hydrogen-bond acceptors (Lipinski definition) is 3. The molecule has 1 aliphatic rings. The largest absolute Gasteiger partial charge is 0.390 e. The molecule has 0 radical (unpaired) electrons. The van der Waals surface area contributed by atoms with Crippen LogP contribution in [0.2, 0.25) is 0 Å². The molecule has 0 spiro atoms. The number of amides is 1. The van der Waals surface area contributed by atoms with Gasteiger partial charge in [-0.05, 0) is 13.0 Å². The van der Waals surface area contributed by atoms with Gasteiger partial charge in [-0.1, -0.05) is 6.08 Å². The third kappa shape index (κ3) is 2.29. The second-order valence-corrected chi connectivity index (χ2v) is 3.24. The maximum Gasteiger partial charge on any atom is 0.246 e. The zero-order valence-electron chi connectivity index (χ0n) is 8.03. The number of aliphatic hydroxyl groups is 1. The number of likely N-dealkylation sites (N-methyl/N-ethyl adjacent to an activating group) is 1. The summed E-state index contributed by atoms with van der Waals surface area (Å²) in [4.78, 5) is 12.9. The Morgan fingerprint density at radius 2 is 2.31 bits per heavy atom. The first-order chi connectivity index (χ1) is 6.16. The molecule has 0 aliphatic carbocycles. The summed E-state index contributed by atoms with van der Waals surface area (Å²) in [6.07, 6.45) is 2.76. The lowest BCUT2D eigenvalue weighted by Crippen LogP contribution is -2.43. The molecule has 0 aromatic carbocycles. The second kappa shape index (κ2) is 4.39. The Kier molecular flexibility index (Phi) is 3.45. The van der Waals surface area contributed by atoms with Crippen molar-refractivity contribution in [2.45, 2.75) is 19.1 Å². The van der Waals surface area contributed by atoms with Gasteiger partial charge in [-0.2, -0.15) is 0 Å². The second-order valence-electron chi connectivity index (χ2n) is 3.24. The Morgan fingerprint density at radius 3 is 2.77 bits per heavy atom. The van der Waals surface area contributed by atoms with E-state index < -0.39 is 6.10 Å². The molecule has 1 fully saturated rings. The molecule has 0 bridgehead atoms. The Balaban J connectivity index is 2.55. The third-order valence-electron chi connectivity index (χ3n) is 2.31. The fraction of sp³-hybridized carbons (Fsp3) is 0.667. The Morgan fingerprint density at radius 1 is 1.62 bits per heavy atom. The first-order valence-corrected chi connectivity index (χ1v) is 4.45. The number of carbonyl (C=O) groups is 1. The number of β-amino-alcohol motifs (C(OH)–C–C–N with tert-alkyl or cyclic N) is 1. The van der Waals surface area contributed by atoms with Gasteiger partial charge in [-0.3, -0.25) is 4.79 Å². The summed E-state index contributed by atoms with van der Waals surface area (Å²) in [5, 5.41) is 12.5. The zero-order valence-corrected chi connectivity index (χ0v) is 8.03. The van der Waals surface area contributed by atoms with Crippen LogP contribution in [0, 0.1) is 0 Å². The molecule has 0 saturated carbocycles. The first kappa shape index (κ1) is 10.2. The van der Waals surface area contributed by atoms with Crippen molar-refractivity contribution in [3.8, 4) is 0 Å². The smallest absolute Gasteiger partial charge is 0.246 e. The van der Waals surface area contributed by atoms with Gasteiger partial charge in [0.25, 0.3) is 0 Å². The summed E-state index contributed by atoms with van der Waals surface area (Å²) < 4.78 is 0. The fourth-order valence-corrected chi connectivity index (χ4v) is 1.47. The molecule has 0 unspecified atom stereocenters. The lowest BCUT2D eigenvalue weighted by atomic mass is 10.2. The summed E-state index contributed by atoms with van der Waals surface area (Å²) in [5.74, 6) is -0.0600. The highest BCUT2D eigenvalue weighted by atomic mass is 16.3. The van der Waals surface area contributed by atoms with Crippen molar-refractivity contribution in [1.82, 2.24) is 10.2 Å². The van der Waals surface area contributed by atoms with Crippen molar-refractivity contribution in [2.75, 3.05) is 20.1 Å². The van der Waals surface area contributed by atoms with Crippen LogP contribution in [0.5, 0.6) is 0 Å². The number of nitrogens with zero attached hydrogens (tertiary/aromatic N) is 1. The van der Waals surface area contributed by atoms with E-state index in [0.29, 0.717) is 13.1 Å². The summed E-state index contributed by atoms with van der Waals surface area (Å²) in [5.41, 5.74) is 0. The zero-order chi connectivity index (χ0) is 9.84. The predicted octanol–water partition coefficient (Wildman–Crippen LogP) is -0.646. The minimum absolute atomic E-state index is 0.0600. The maximum absolute atomic E-state index is 11.4. The van der Waals surface area contributed by atoms with E-state index in [1.807, 2.05) is 0 Å². The monoisotopic (exact) mass is 184 g/mol. The molecule has 1 heterocycles. The van der Waals surface area contributed by atoms with Gasteiger partial charge in [0.05, 0.1) is 12.1 Å². The van der Waals surface area contributed by atoms with Crippen LogP contribution >= 0.6 is 0 Å². The van der Waals surface area contributed by atoms with Gasteiger partial charge in [-0.25, -0.2) is 0 Å². The van der Waals surface area contributed by atoms with Crippen molar-refractivity contribution in [3.05, 3.63) is 12.2 Å². The van der Waals surface area contributed by atoms with Crippen LogP contribution < -0.4 is 5.32 Å². The molecule has 4 nitrogen and oxygen atoms in total. The molecule has 13 heavy (non-hydrogen) atoms. The van der Waals surface area contributed by atoms with Crippen LogP contribution in [0.15, 0.2) is 12.2 Å². The van der Waals surface area contributed by atoms with E-state index in [1.54, 1.807) is 24.9 Å². The van der Waals surface area contributed by atoms with Gasteiger partial charge >= 0.3 is 0 Å². The van der Waals surface area contributed by atoms with Crippen LogP contribution in [-0.4, -0.2) is 48.2 Å². The van der Waals surface area contributed by atoms with E-state index >= 15 is 0 Å². The average molecular weight is 184 g/mol. The predicted molar refractivity (Wildman–Crippen MR) is 50.2 cm³/mol. The van der Waals surface area contributed by atoms with Gasteiger partial charge in [0, 0.05) is 20.1 Å². The minimum atomic E-state index is -0.445. The van der Waals surface area contributed by atoms with Crippen molar-refractivity contribution in [3.63, 3.8) is 0 Å². The number of aliphatic hydroxyl groups excluding tert-OH is 1. The molecule has 0 aromatic heterocycles. The Labute approximate surface area is 78.2 Å². The summed E-state index contributed by atoms with van der Waals surface area (Å²) in [6, 6.07) is -0.0938. The standard InChI is InChI=1S/C9H16N2O2/c1-3-4-9(13)11(2)7-5-10-6-8(7)12/h3-4,7-8,10,12H,5-6H2,1-2H3/b4-3+/t7-,8-/m1/s1. The lowest BCUT2D eigenvalue weighted by Gasteiger charge is -2.25. The number of hydrogen-bond donors (Lipinski definition) is 2. The van der Waals surface area contributed by atoms with Gasteiger partial charge < -0.3 is 15.3 Å². The molecule has 1 aliphatic heterocycles. The molecule has 4 heteroatoms. The van der Waals surface area contributed by atoms with Crippen molar-refractivity contribution < 1.29 is 9.90 Å². The van der Waals surface area contributed by atoms with E-state index in [0.717, 1.165) is 0 Å². The number of allylic oxidation sites excluding steroid dienone is 1. The van der Waals surface area contributed by atoms with E-state index in [-0.39, 0.29) is 11.9 Å². The quantitative estimate of drug-likeness (QED) is 0.561. The lowest BCUT2D eigenvalue weighted by molar-refractivity contribution is -0.128. The van der Waals surface area contributed by atoms with E-state index in [2.05, 4.69) is 5.32 Å². The van der Waals surface area contributed by atoms with Gasteiger partial charge in [0.15, 0.2) is 0 Å². The summed E-state index contributed by atoms with van der Waals surface area (Å²) in [6.45, 7) is 3.04. The number of nitrogens with one attached hydrogen (secondary N) is 1. The highest BCUT2D eigenvalue weighted by Crippen LogP contribution is 2.07. The molecule has 1 saturated heterocycles. The molecular formula is C9H16N2O2. The van der Waals surface area contributed by atoms with Gasteiger partial charge in [-0.15, -0.1) is 0 Å². The summed E-state index contributed by atoms with van der Waals surface area (Å²) >= 11 is 0. The van der Waals surface area contributed by atoms with Crippen molar-refractivity contribution >= 4 is 5.91 Å². The van der Waals surface area contributed by atoms with E-state index in [1.165, 1.54) is 6.08 Å². The molecule has 1 rings (SSSR count). The molecule has 74 valence electrons. The highest BCUT2D eigenvalue weighted by molar-refractivity contribution is 5.87. The third-order valence-corrected chi connectivity index (χ3v) is 2.31. The normalized spacial score (nSPS) is 28.2. The summed E-state index contributed by atoms with van der Waals surface area (Å²) in [7, 11) is 1.71.